The van der Waals surface area contributed by atoms with Gasteiger partial charge in [0.15, 0.2) is 0 Å². The summed E-state index contributed by atoms with van der Waals surface area (Å²) in [5.74, 6) is 0.814. The molecule has 1 aromatic carbocycles. The fourth-order valence-electron chi connectivity index (χ4n) is 2.36. The van der Waals surface area contributed by atoms with Gasteiger partial charge in [0, 0.05) is 32.6 Å². The molecule has 2 aliphatic heterocycles. The van der Waals surface area contributed by atoms with E-state index in [1.165, 1.54) is 0 Å². The minimum absolute atomic E-state index is 0.383. The molecule has 5 nitrogen and oxygen atoms in total. The molecule has 3 rings (SSSR count). The van der Waals surface area contributed by atoms with Crippen LogP contribution in [0.3, 0.4) is 0 Å². The average Bonchev–Trinajstić information content (AvgIpc) is 2.87. The van der Waals surface area contributed by atoms with E-state index in [0.29, 0.717) is 37.7 Å². The summed E-state index contributed by atoms with van der Waals surface area (Å²) in [5.41, 5.74) is 0.992. The van der Waals surface area contributed by atoms with Crippen molar-refractivity contribution in [2.75, 3.05) is 32.8 Å². The van der Waals surface area contributed by atoms with Crippen LogP contribution in [-0.4, -0.2) is 45.5 Å². The van der Waals surface area contributed by atoms with Gasteiger partial charge < -0.3 is 10.1 Å². The summed E-state index contributed by atoms with van der Waals surface area (Å²) in [6, 6.07) is 5.15. The first-order valence-corrected chi connectivity index (χ1v) is 7.58. The van der Waals surface area contributed by atoms with Crippen LogP contribution < -0.4 is 10.1 Å². The van der Waals surface area contributed by atoms with Crippen LogP contribution in [-0.2, 0) is 16.4 Å². The Balaban J connectivity index is 1.93. The van der Waals surface area contributed by atoms with Gasteiger partial charge in [-0.25, -0.2) is 8.42 Å². The predicted molar refractivity (Wildman–Crippen MR) is 67.3 cm³/mol. The Morgan fingerprint density at radius 3 is 2.78 bits per heavy atom. The summed E-state index contributed by atoms with van der Waals surface area (Å²) in [5, 5.41) is 3.15. The van der Waals surface area contributed by atoms with Crippen LogP contribution in [0.25, 0.3) is 0 Å². The molecule has 1 aromatic rings. The quantitative estimate of drug-likeness (QED) is 0.833. The van der Waals surface area contributed by atoms with Crippen LogP contribution in [0, 0.1) is 0 Å². The van der Waals surface area contributed by atoms with Crippen LogP contribution in [0.5, 0.6) is 5.75 Å². The minimum atomic E-state index is -3.35. The van der Waals surface area contributed by atoms with Crippen LogP contribution in [0.15, 0.2) is 23.1 Å². The number of rotatable bonds is 2. The van der Waals surface area contributed by atoms with Crippen molar-refractivity contribution in [2.24, 2.45) is 0 Å². The lowest BCUT2D eigenvalue weighted by molar-refractivity contribution is 0.356. The molecule has 6 heteroatoms. The van der Waals surface area contributed by atoms with Crippen LogP contribution >= 0.6 is 0 Å². The zero-order chi connectivity index (χ0) is 12.6. The van der Waals surface area contributed by atoms with E-state index in [1.807, 2.05) is 0 Å². The third-order valence-corrected chi connectivity index (χ3v) is 5.27. The van der Waals surface area contributed by atoms with Crippen molar-refractivity contribution in [3.63, 3.8) is 0 Å². The zero-order valence-corrected chi connectivity index (χ0v) is 10.9. The van der Waals surface area contributed by atoms with Crippen molar-refractivity contribution in [3.05, 3.63) is 23.8 Å². The molecule has 0 atom stereocenters. The van der Waals surface area contributed by atoms with Gasteiger partial charge in [0.25, 0.3) is 0 Å². The SMILES string of the molecule is O=S(=O)(c1ccc2c(c1)CCO2)N1CCNCC1. The normalized spacial score (nSPS) is 20.4. The highest BCUT2D eigenvalue weighted by Crippen LogP contribution is 2.28. The molecule has 1 N–H and O–H groups in total. The molecule has 0 saturated carbocycles. The first-order chi connectivity index (χ1) is 8.68. The van der Waals surface area contributed by atoms with Crippen molar-refractivity contribution in [1.29, 1.82) is 0 Å². The van der Waals surface area contributed by atoms with E-state index in [-0.39, 0.29) is 0 Å². The van der Waals surface area contributed by atoms with E-state index in [2.05, 4.69) is 5.32 Å². The Labute approximate surface area is 107 Å². The number of benzene rings is 1. The van der Waals surface area contributed by atoms with Crippen molar-refractivity contribution in [3.8, 4) is 5.75 Å². The Bertz CT molecular complexity index is 550. The summed E-state index contributed by atoms with van der Waals surface area (Å²) < 4.78 is 31.8. The van der Waals surface area contributed by atoms with Gasteiger partial charge in [-0.15, -0.1) is 0 Å². The molecule has 0 aliphatic carbocycles. The molecule has 0 spiro atoms. The van der Waals surface area contributed by atoms with E-state index in [4.69, 9.17) is 4.74 Å². The second-order valence-corrected chi connectivity index (χ2v) is 6.46. The van der Waals surface area contributed by atoms with Gasteiger partial charge in [0.05, 0.1) is 11.5 Å². The molecule has 0 bridgehead atoms. The van der Waals surface area contributed by atoms with Gasteiger partial charge in [-0.1, -0.05) is 0 Å². The number of hydrogen-bond acceptors (Lipinski definition) is 4. The second kappa shape index (κ2) is 4.53. The van der Waals surface area contributed by atoms with E-state index >= 15 is 0 Å². The molecule has 2 aliphatic rings. The topological polar surface area (TPSA) is 58.6 Å². The molecule has 0 radical (unpaired) electrons. The number of nitrogens with one attached hydrogen (secondary N) is 1. The summed E-state index contributed by atoms with van der Waals surface area (Å²) in [4.78, 5) is 0.383. The molecule has 2 heterocycles. The molecule has 0 aromatic heterocycles. The Morgan fingerprint density at radius 1 is 1.22 bits per heavy atom. The van der Waals surface area contributed by atoms with Gasteiger partial charge in [-0.05, 0) is 23.8 Å². The standard InChI is InChI=1S/C12H16N2O3S/c15-18(16,14-6-4-13-5-7-14)11-1-2-12-10(9-11)3-8-17-12/h1-2,9,13H,3-8H2. The maximum Gasteiger partial charge on any atom is 0.243 e. The van der Waals surface area contributed by atoms with E-state index in [9.17, 15) is 8.42 Å². The van der Waals surface area contributed by atoms with Crippen molar-refractivity contribution < 1.29 is 13.2 Å². The number of hydrogen-bond donors (Lipinski definition) is 1. The van der Waals surface area contributed by atoms with Gasteiger partial charge in [0.2, 0.25) is 10.0 Å². The minimum Gasteiger partial charge on any atom is -0.493 e. The van der Waals surface area contributed by atoms with Crippen molar-refractivity contribution >= 4 is 10.0 Å². The van der Waals surface area contributed by atoms with Crippen LogP contribution in [0.2, 0.25) is 0 Å². The van der Waals surface area contributed by atoms with E-state index in [0.717, 1.165) is 17.7 Å². The largest absolute Gasteiger partial charge is 0.493 e. The Hall–Kier alpha value is -1.11. The zero-order valence-electron chi connectivity index (χ0n) is 10.1. The molecular weight excluding hydrogens is 252 g/mol. The highest BCUT2D eigenvalue weighted by atomic mass is 32.2. The summed E-state index contributed by atoms with van der Waals surface area (Å²) in [6.07, 6.45) is 0.792. The fraction of sp³-hybridized carbons (Fsp3) is 0.500. The lowest BCUT2D eigenvalue weighted by Crippen LogP contribution is -2.46. The third kappa shape index (κ3) is 2.00. The number of nitrogens with zero attached hydrogens (tertiary/aromatic N) is 1. The smallest absolute Gasteiger partial charge is 0.243 e. The fourth-order valence-corrected chi connectivity index (χ4v) is 3.85. The Kier molecular flexibility index (Phi) is 3.01. The van der Waals surface area contributed by atoms with Crippen LogP contribution in [0.4, 0.5) is 0 Å². The first-order valence-electron chi connectivity index (χ1n) is 6.14. The summed E-state index contributed by atoms with van der Waals surface area (Å²) >= 11 is 0. The highest BCUT2D eigenvalue weighted by molar-refractivity contribution is 7.89. The first kappa shape index (κ1) is 12.0. The molecule has 0 amide bonds. The van der Waals surface area contributed by atoms with Crippen LogP contribution in [0.1, 0.15) is 5.56 Å². The number of sulfonamides is 1. The van der Waals surface area contributed by atoms with Gasteiger partial charge in [-0.2, -0.15) is 4.31 Å². The number of piperazine rings is 1. The van der Waals surface area contributed by atoms with Gasteiger partial charge >= 0.3 is 0 Å². The molecule has 98 valence electrons. The molecule has 1 saturated heterocycles. The molecule has 0 unspecified atom stereocenters. The summed E-state index contributed by atoms with van der Waals surface area (Å²) in [6.45, 7) is 3.15. The van der Waals surface area contributed by atoms with E-state index < -0.39 is 10.0 Å². The lowest BCUT2D eigenvalue weighted by atomic mass is 10.2. The summed E-state index contributed by atoms with van der Waals surface area (Å²) in [7, 11) is -3.35. The molecular formula is C12H16N2O3S. The third-order valence-electron chi connectivity index (χ3n) is 3.37. The number of ether oxygens (including phenoxy) is 1. The maximum atomic E-state index is 12.4. The van der Waals surface area contributed by atoms with Gasteiger partial charge in [0.1, 0.15) is 5.75 Å². The predicted octanol–water partition coefficient (Wildman–Crippen LogP) is 0.215. The average molecular weight is 268 g/mol. The molecule has 1 fully saturated rings. The van der Waals surface area contributed by atoms with Crippen molar-refractivity contribution in [1.82, 2.24) is 9.62 Å². The van der Waals surface area contributed by atoms with E-state index in [1.54, 1.807) is 22.5 Å². The number of fused-ring (bicyclic) bond motifs is 1. The monoisotopic (exact) mass is 268 g/mol. The molecule has 18 heavy (non-hydrogen) atoms. The lowest BCUT2D eigenvalue weighted by Gasteiger charge is -2.26. The van der Waals surface area contributed by atoms with Crippen molar-refractivity contribution in [2.45, 2.75) is 11.3 Å². The van der Waals surface area contributed by atoms with Gasteiger partial charge in [-0.3, -0.25) is 0 Å². The Morgan fingerprint density at radius 2 is 2.00 bits per heavy atom. The second-order valence-electron chi connectivity index (χ2n) is 4.52. The maximum absolute atomic E-state index is 12.4. The highest BCUT2D eigenvalue weighted by Gasteiger charge is 2.27.